The SMILES string of the molecule is C=CC(=O)N1CCn2nc(-c3nc(-c4cnc5c(c4)CCN(CC(=O)N(C)C)C5)c4ccsc4c3-c3c(F)cc(F)cc3OCCOC)cc2[C@H]1C. The lowest BCUT2D eigenvalue weighted by molar-refractivity contribution is -0.130. The van der Waals surface area contributed by atoms with Crippen LogP contribution in [0.3, 0.4) is 0 Å². The Morgan fingerprint density at radius 3 is 2.69 bits per heavy atom. The molecule has 0 spiro atoms. The summed E-state index contributed by atoms with van der Waals surface area (Å²) in [6, 6.07) is 7.62. The Kier molecular flexibility index (Phi) is 9.88. The number of pyridine rings is 2. The van der Waals surface area contributed by atoms with Gasteiger partial charge in [-0.2, -0.15) is 5.10 Å². The number of likely N-dealkylation sites (N-methyl/N-ethyl adjacent to an activating group) is 1. The number of hydrogen-bond acceptors (Lipinski definition) is 9. The van der Waals surface area contributed by atoms with Gasteiger partial charge in [0.1, 0.15) is 35.4 Å². The number of methoxy groups -OCH3 is 1. The van der Waals surface area contributed by atoms with E-state index in [-0.39, 0.29) is 42.4 Å². The van der Waals surface area contributed by atoms with Crippen molar-refractivity contribution in [2.75, 3.05) is 54.1 Å². The zero-order valence-electron chi connectivity index (χ0n) is 29.5. The van der Waals surface area contributed by atoms with E-state index in [0.29, 0.717) is 61.8 Å². The predicted octanol–water partition coefficient (Wildman–Crippen LogP) is 5.73. The summed E-state index contributed by atoms with van der Waals surface area (Å²) < 4.78 is 44.6. The molecule has 1 atom stereocenters. The highest BCUT2D eigenvalue weighted by Crippen LogP contribution is 2.47. The average Bonchev–Trinajstić information content (AvgIpc) is 3.80. The van der Waals surface area contributed by atoms with Crippen molar-refractivity contribution in [1.29, 1.82) is 0 Å². The van der Waals surface area contributed by atoms with Gasteiger partial charge in [-0.05, 0) is 48.6 Å². The Morgan fingerprint density at radius 2 is 1.92 bits per heavy atom. The maximum Gasteiger partial charge on any atom is 0.246 e. The van der Waals surface area contributed by atoms with Gasteiger partial charge in [-0.15, -0.1) is 11.3 Å². The number of amides is 2. The first-order chi connectivity index (χ1) is 25.1. The molecule has 2 aliphatic heterocycles. The number of benzene rings is 1. The molecule has 52 heavy (non-hydrogen) atoms. The average molecular weight is 728 g/mol. The molecule has 0 aliphatic carbocycles. The second-order valence-electron chi connectivity index (χ2n) is 13.1. The van der Waals surface area contributed by atoms with Gasteiger partial charge in [0.05, 0.1) is 48.4 Å². The van der Waals surface area contributed by atoms with Crippen LogP contribution in [-0.4, -0.2) is 100 Å². The number of halogens is 2. The van der Waals surface area contributed by atoms with Gasteiger partial charge in [-0.25, -0.2) is 13.8 Å². The molecular formula is C38H39F2N7O4S. The van der Waals surface area contributed by atoms with Crippen LogP contribution in [0.1, 0.15) is 29.9 Å². The van der Waals surface area contributed by atoms with Gasteiger partial charge < -0.3 is 19.3 Å². The van der Waals surface area contributed by atoms with Crippen LogP contribution in [0.2, 0.25) is 0 Å². The fourth-order valence-corrected chi connectivity index (χ4v) is 7.85. The summed E-state index contributed by atoms with van der Waals surface area (Å²) in [5.41, 5.74) is 5.53. The van der Waals surface area contributed by atoms with Crippen LogP contribution in [0, 0.1) is 11.6 Å². The van der Waals surface area contributed by atoms with Gasteiger partial charge in [0.2, 0.25) is 11.8 Å². The van der Waals surface area contributed by atoms with Crippen molar-refractivity contribution in [2.45, 2.75) is 32.5 Å². The van der Waals surface area contributed by atoms with E-state index in [1.165, 1.54) is 30.6 Å². The zero-order valence-corrected chi connectivity index (χ0v) is 30.3. The van der Waals surface area contributed by atoms with E-state index in [1.54, 1.807) is 30.1 Å². The molecule has 0 fully saturated rings. The van der Waals surface area contributed by atoms with Crippen LogP contribution in [-0.2, 0) is 33.8 Å². The smallest absolute Gasteiger partial charge is 0.246 e. The van der Waals surface area contributed by atoms with Crippen LogP contribution < -0.4 is 4.74 Å². The molecule has 2 amide bonds. The molecule has 5 aromatic rings. The van der Waals surface area contributed by atoms with Crippen molar-refractivity contribution in [2.24, 2.45) is 0 Å². The lowest BCUT2D eigenvalue weighted by atomic mass is 9.95. The van der Waals surface area contributed by atoms with Crippen LogP contribution in [0.15, 0.2) is 54.6 Å². The van der Waals surface area contributed by atoms with Gasteiger partial charge in [0.25, 0.3) is 0 Å². The highest BCUT2D eigenvalue weighted by atomic mass is 32.1. The standard InChI is InChI=1S/C38H39F2N7O4S/c1-6-32(48)46-10-11-47-30(22(46)2)18-28(43-47)37-35(34-27(40)16-25(39)17-31(34)51-13-12-50-5)38-26(8-14-52-38)36(42-37)24-15-23-7-9-45(20-29(23)41-19-24)21-33(49)44(3)4/h6,8,14-19,22H,1,7,9-13,20-21H2,2-5H3/t22-/m1/s1. The number of thiophene rings is 1. The molecule has 6 heterocycles. The first-order valence-electron chi connectivity index (χ1n) is 17.0. The third-order valence-electron chi connectivity index (χ3n) is 9.64. The molecule has 270 valence electrons. The Balaban J connectivity index is 1.40. The maximum atomic E-state index is 16.2. The molecule has 0 saturated carbocycles. The van der Waals surface area contributed by atoms with Crippen molar-refractivity contribution in [3.63, 3.8) is 0 Å². The topological polar surface area (TPSA) is 106 Å². The normalized spacial score (nSPS) is 15.7. The molecule has 0 radical (unpaired) electrons. The quantitative estimate of drug-likeness (QED) is 0.133. The van der Waals surface area contributed by atoms with E-state index in [1.807, 2.05) is 29.1 Å². The number of carbonyl (C=O) groups excluding carboxylic acids is 2. The summed E-state index contributed by atoms with van der Waals surface area (Å²) in [4.78, 5) is 40.6. The molecule has 0 bridgehead atoms. The van der Waals surface area contributed by atoms with Crippen molar-refractivity contribution in [1.82, 2.24) is 34.4 Å². The molecular weight excluding hydrogens is 689 g/mol. The molecule has 7 rings (SSSR count). The largest absolute Gasteiger partial charge is 0.490 e. The Labute approximate surface area is 304 Å². The van der Waals surface area contributed by atoms with Gasteiger partial charge in [0, 0.05) is 80.4 Å². The van der Waals surface area contributed by atoms with E-state index in [2.05, 4.69) is 17.5 Å². The number of rotatable bonds is 10. The summed E-state index contributed by atoms with van der Waals surface area (Å²) >= 11 is 1.41. The van der Waals surface area contributed by atoms with Gasteiger partial charge in [0.15, 0.2) is 0 Å². The van der Waals surface area contributed by atoms with E-state index in [0.717, 1.165) is 38.7 Å². The minimum absolute atomic E-state index is 0.0212. The second kappa shape index (κ2) is 14.5. The van der Waals surface area contributed by atoms with Gasteiger partial charge >= 0.3 is 0 Å². The van der Waals surface area contributed by atoms with Crippen LogP contribution >= 0.6 is 11.3 Å². The first-order valence-corrected chi connectivity index (χ1v) is 17.9. The summed E-state index contributed by atoms with van der Waals surface area (Å²) in [6.45, 7) is 8.36. The van der Waals surface area contributed by atoms with E-state index in [9.17, 15) is 14.0 Å². The van der Waals surface area contributed by atoms with E-state index >= 15 is 4.39 Å². The number of carbonyl (C=O) groups is 2. The molecule has 14 heteroatoms. The number of nitrogens with zero attached hydrogens (tertiary/aromatic N) is 7. The summed E-state index contributed by atoms with van der Waals surface area (Å²) in [7, 11) is 5.02. The Bertz CT molecular complexity index is 2200. The zero-order chi connectivity index (χ0) is 36.7. The summed E-state index contributed by atoms with van der Waals surface area (Å²) in [6.07, 6.45) is 3.80. The lowest BCUT2D eigenvalue weighted by Crippen LogP contribution is -2.40. The lowest BCUT2D eigenvalue weighted by Gasteiger charge is -2.33. The summed E-state index contributed by atoms with van der Waals surface area (Å²) in [5.74, 6) is -1.69. The van der Waals surface area contributed by atoms with E-state index < -0.39 is 11.6 Å². The van der Waals surface area contributed by atoms with Crippen molar-refractivity contribution >= 4 is 33.2 Å². The molecule has 1 aromatic carbocycles. The first kappa shape index (κ1) is 35.4. The molecule has 0 N–H and O–H groups in total. The van der Waals surface area contributed by atoms with Crippen molar-refractivity contribution < 1.29 is 27.8 Å². The molecule has 0 saturated heterocycles. The molecule has 4 aromatic heterocycles. The van der Waals surface area contributed by atoms with Crippen LogP contribution in [0.5, 0.6) is 5.75 Å². The predicted molar refractivity (Wildman–Crippen MR) is 195 cm³/mol. The Morgan fingerprint density at radius 1 is 1.10 bits per heavy atom. The number of aromatic nitrogens is 4. The summed E-state index contributed by atoms with van der Waals surface area (Å²) in [5, 5.41) is 7.64. The van der Waals surface area contributed by atoms with E-state index in [4.69, 9.17) is 24.5 Å². The van der Waals surface area contributed by atoms with Crippen molar-refractivity contribution in [3.8, 4) is 39.5 Å². The highest BCUT2D eigenvalue weighted by molar-refractivity contribution is 7.18. The van der Waals surface area contributed by atoms with Crippen molar-refractivity contribution in [3.05, 3.63) is 83.1 Å². The third-order valence-corrected chi connectivity index (χ3v) is 10.6. The van der Waals surface area contributed by atoms with Gasteiger partial charge in [-0.1, -0.05) is 6.58 Å². The fourth-order valence-electron chi connectivity index (χ4n) is 6.90. The number of fused-ring (bicyclic) bond motifs is 3. The Hall–Kier alpha value is -5.05. The third kappa shape index (κ3) is 6.57. The second-order valence-corrected chi connectivity index (χ2v) is 14.0. The highest BCUT2D eigenvalue weighted by Gasteiger charge is 2.32. The maximum absolute atomic E-state index is 16.2. The minimum Gasteiger partial charge on any atom is -0.490 e. The van der Waals surface area contributed by atoms with Gasteiger partial charge in [-0.3, -0.25) is 24.2 Å². The number of hydrogen-bond donors (Lipinski definition) is 0. The monoisotopic (exact) mass is 727 g/mol. The number of ether oxygens (including phenoxy) is 2. The molecule has 11 nitrogen and oxygen atoms in total. The molecule has 2 aliphatic rings. The van der Waals surface area contributed by atoms with Crippen LogP contribution in [0.4, 0.5) is 8.78 Å². The fraction of sp³-hybridized carbons (Fsp3) is 0.342. The molecule has 0 unspecified atom stereocenters. The van der Waals surface area contributed by atoms with Crippen LogP contribution in [0.25, 0.3) is 43.9 Å². The minimum atomic E-state index is -0.800.